The minimum Gasteiger partial charge on any atom is -0.497 e. The van der Waals surface area contributed by atoms with E-state index in [1.165, 1.54) is 5.56 Å². The number of ether oxygens (including phenoxy) is 2. The highest BCUT2D eigenvalue weighted by atomic mass is 16.5. The molecule has 6 heteroatoms. The molecule has 0 atom stereocenters. The maximum absolute atomic E-state index is 12.6. The van der Waals surface area contributed by atoms with Gasteiger partial charge in [0.05, 0.1) is 26.5 Å². The van der Waals surface area contributed by atoms with E-state index in [4.69, 9.17) is 9.47 Å². The van der Waals surface area contributed by atoms with Crippen molar-refractivity contribution in [1.82, 2.24) is 9.80 Å². The lowest BCUT2D eigenvalue weighted by atomic mass is 9.96. The minimum absolute atomic E-state index is 0.0267. The molecule has 0 bridgehead atoms. The highest BCUT2D eigenvalue weighted by Gasteiger charge is 2.22. The molecule has 162 valence electrons. The van der Waals surface area contributed by atoms with E-state index < -0.39 is 0 Å². The van der Waals surface area contributed by atoms with E-state index in [1.54, 1.807) is 26.4 Å². The quantitative estimate of drug-likeness (QED) is 0.685. The fourth-order valence-corrected chi connectivity index (χ4v) is 4.03. The Morgan fingerprint density at radius 1 is 1.10 bits per heavy atom. The van der Waals surface area contributed by atoms with E-state index in [-0.39, 0.29) is 5.91 Å². The zero-order valence-electron chi connectivity index (χ0n) is 18.3. The first kappa shape index (κ1) is 22.1. The topological polar surface area (TPSA) is 54.0 Å². The monoisotopic (exact) mass is 411 g/mol. The van der Waals surface area contributed by atoms with E-state index in [2.05, 4.69) is 52.5 Å². The number of nitrogens with one attached hydrogen (secondary N) is 1. The summed E-state index contributed by atoms with van der Waals surface area (Å²) in [6.07, 6.45) is 2.24. The molecule has 0 radical (unpaired) electrons. The first-order valence-corrected chi connectivity index (χ1v) is 10.5. The Labute approximate surface area is 179 Å². The molecular formula is C24H33N3O3. The molecular weight excluding hydrogens is 378 g/mol. The first-order valence-electron chi connectivity index (χ1n) is 10.5. The smallest absolute Gasteiger partial charge is 0.238 e. The number of carbonyl (C=O) groups is 1. The van der Waals surface area contributed by atoms with Crippen molar-refractivity contribution in [3.8, 4) is 11.5 Å². The van der Waals surface area contributed by atoms with Crippen LogP contribution in [0.15, 0.2) is 48.5 Å². The van der Waals surface area contributed by atoms with E-state index in [0.717, 1.165) is 39.0 Å². The predicted molar refractivity (Wildman–Crippen MR) is 120 cm³/mol. The number of amides is 1. The van der Waals surface area contributed by atoms with Crippen molar-refractivity contribution in [3.05, 3.63) is 54.1 Å². The summed E-state index contributed by atoms with van der Waals surface area (Å²) in [5.74, 6) is 1.97. The van der Waals surface area contributed by atoms with Gasteiger partial charge in [0.1, 0.15) is 11.5 Å². The summed E-state index contributed by atoms with van der Waals surface area (Å²) in [4.78, 5) is 17.2. The lowest BCUT2D eigenvalue weighted by Crippen LogP contribution is -2.41. The molecule has 1 aliphatic rings. The molecule has 1 saturated heterocycles. The van der Waals surface area contributed by atoms with Crippen LogP contribution in [-0.2, 0) is 11.3 Å². The maximum atomic E-state index is 12.6. The summed E-state index contributed by atoms with van der Waals surface area (Å²) in [6, 6.07) is 16.0. The van der Waals surface area contributed by atoms with Crippen molar-refractivity contribution in [3.63, 3.8) is 0 Å². The van der Waals surface area contributed by atoms with Gasteiger partial charge in [-0.05, 0) is 56.6 Å². The summed E-state index contributed by atoms with van der Waals surface area (Å²) in [5.41, 5.74) is 1.99. The molecule has 30 heavy (non-hydrogen) atoms. The average Bonchev–Trinajstić information content (AvgIpc) is 2.75. The number of piperidine rings is 1. The summed E-state index contributed by atoms with van der Waals surface area (Å²) in [6.45, 7) is 4.37. The van der Waals surface area contributed by atoms with Crippen LogP contribution in [0.1, 0.15) is 18.4 Å². The van der Waals surface area contributed by atoms with Gasteiger partial charge in [-0.1, -0.05) is 30.3 Å². The van der Waals surface area contributed by atoms with Crippen molar-refractivity contribution >= 4 is 11.6 Å². The number of methoxy groups -OCH3 is 2. The van der Waals surface area contributed by atoms with Crippen LogP contribution in [0.5, 0.6) is 11.5 Å². The summed E-state index contributed by atoms with van der Waals surface area (Å²) in [5, 5.41) is 2.96. The van der Waals surface area contributed by atoms with Crippen LogP contribution < -0.4 is 14.8 Å². The number of rotatable bonds is 9. The predicted octanol–water partition coefficient (Wildman–Crippen LogP) is 3.49. The third-order valence-electron chi connectivity index (χ3n) is 5.62. The van der Waals surface area contributed by atoms with Gasteiger partial charge in [0.25, 0.3) is 0 Å². The third-order valence-corrected chi connectivity index (χ3v) is 5.62. The number of benzene rings is 2. The van der Waals surface area contributed by atoms with E-state index in [0.29, 0.717) is 29.6 Å². The molecule has 0 unspecified atom stereocenters. The van der Waals surface area contributed by atoms with Crippen LogP contribution in [-0.4, -0.2) is 63.2 Å². The normalized spacial score (nSPS) is 15.2. The third kappa shape index (κ3) is 6.47. The van der Waals surface area contributed by atoms with Gasteiger partial charge in [-0.3, -0.25) is 9.69 Å². The fraction of sp³-hybridized carbons (Fsp3) is 0.458. The molecule has 1 fully saturated rings. The lowest BCUT2D eigenvalue weighted by molar-refractivity contribution is -0.117. The highest BCUT2D eigenvalue weighted by molar-refractivity contribution is 5.94. The van der Waals surface area contributed by atoms with Gasteiger partial charge in [0.15, 0.2) is 0 Å². The van der Waals surface area contributed by atoms with Gasteiger partial charge >= 0.3 is 0 Å². The molecule has 0 aliphatic carbocycles. The molecule has 0 saturated carbocycles. The van der Waals surface area contributed by atoms with Crippen LogP contribution in [0.4, 0.5) is 5.69 Å². The number of likely N-dealkylation sites (tertiary alicyclic amines) is 1. The molecule has 3 rings (SSSR count). The summed E-state index contributed by atoms with van der Waals surface area (Å²) >= 11 is 0. The Hall–Kier alpha value is -2.57. The second kappa shape index (κ2) is 11.0. The zero-order chi connectivity index (χ0) is 21.3. The van der Waals surface area contributed by atoms with Gasteiger partial charge in [0, 0.05) is 19.2 Å². The minimum atomic E-state index is -0.0267. The molecule has 1 heterocycles. The number of nitrogens with zero attached hydrogens (tertiary/aromatic N) is 2. The Morgan fingerprint density at radius 2 is 1.83 bits per heavy atom. The molecule has 2 aromatic carbocycles. The molecule has 0 aromatic heterocycles. The lowest BCUT2D eigenvalue weighted by Gasteiger charge is -2.33. The van der Waals surface area contributed by atoms with E-state index in [9.17, 15) is 4.79 Å². The van der Waals surface area contributed by atoms with E-state index >= 15 is 0 Å². The van der Waals surface area contributed by atoms with Crippen LogP contribution in [0, 0.1) is 5.92 Å². The average molecular weight is 412 g/mol. The Kier molecular flexibility index (Phi) is 8.11. The second-order valence-corrected chi connectivity index (χ2v) is 8.02. The largest absolute Gasteiger partial charge is 0.497 e. The first-order chi connectivity index (χ1) is 14.6. The van der Waals surface area contributed by atoms with Gasteiger partial charge in [-0.2, -0.15) is 0 Å². The van der Waals surface area contributed by atoms with Crippen molar-refractivity contribution in [2.75, 3.05) is 52.8 Å². The van der Waals surface area contributed by atoms with Crippen LogP contribution in [0.25, 0.3) is 0 Å². The molecule has 6 nitrogen and oxygen atoms in total. The van der Waals surface area contributed by atoms with Gasteiger partial charge < -0.3 is 19.7 Å². The molecule has 1 aliphatic heterocycles. The van der Waals surface area contributed by atoms with Crippen LogP contribution in [0.3, 0.4) is 0 Å². The second-order valence-electron chi connectivity index (χ2n) is 8.02. The number of carbonyl (C=O) groups excluding carboxylic acids is 1. The standard InChI is InChI=1S/C24H33N3O3/c1-26(16-19-7-5-4-6-8-19)17-20-11-13-27(14-12-20)18-24(28)25-22-15-21(29-2)9-10-23(22)30-3/h4-10,15,20H,11-14,16-18H2,1-3H3,(H,25,28). The number of hydrogen-bond acceptors (Lipinski definition) is 5. The summed E-state index contributed by atoms with van der Waals surface area (Å²) in [7, 11) is 5.39. The Balaban J connectivity index is 1.42. The molecule has 1 amide bonds. The van der Waals surface area contributed by atoms with Crippen molar-refractivity contribution in [2.45, 2.75) is 19.4 Å². The molecule has 1 N–H and O–H groups in total. The van der Waals surface area contributed by atoms with E-state index in [1.807, 2.05) is 6.07 Å². The fourth-order valence-electron chi connectivity index (χ4n) is 4.03. The SMILES string of the molecule is COc1ccc(OC)c(NC(=O)CN2CCC(CN(C)Cc3ccccc3)CC2)c1. The Morgan fingerprint density at radius 3 is 2.50 bits per heavy atom. The Bertz CT molecular complexity index is 805. The van der Waals surface area contributed by atoms with Gasteiger partial charge in [-0.15, -0.1) is 0 Å². The van der Waals surface area contributed by atoms with Gasteiger partial charge in [-0.25, -0.2) is 0 Å². The molecule has 2 aromatic rings. The van der Waals surface area contributed by atoms with Crippen LogP contribution in [0.2, 0.25) is 0 Å². The maximum Gasteiger partial charge on any atom is 0.238 e. The zero-order valence-corrected chi connectivity index (χ0v) is 18.3. The number of anilines is 1. The van der Waals surface area contributed by atoms with Gasteiger partial charge in [0.2, 0.25) is 5.91 Å². The summed E-state index contributed by atoms with van der Waals surface area (Å²) < 4.78 is 10.6. The van der Waals surface area contributed by atoms with Crippen molar-refractivity contribution in [2.24, 2.45) is 5.92 Å². The molecule has 0 spiro atoms. The van der Waals surface area contributed by atoms with Crippen LogP contribution >= 0.6 is 0 Å². The van der Waals surface area contributed by atoms with Crippen molar-refractivity contribution in [1.29, 1.82) is 0 Å². The highest BCUT2D eigenvalue weighted by Crippen LogP contribution is 2.29. The van der Waals surface area contributed by atoms with Crippen molar-refractivity contribution < 1.29 is 14.3 Å². The number of hydrogen-bond donors (Lipinski definition) is 1.